The highest BCUT2D eigenvalue weighted by atomic mass is 16.5. The summed E-state index contributed by atoms with van der Waals surface area (Å²) in [6.07, 6.45) is 2.09. The van der Waals surface area contributed by atoms with Crippen molar-refractivity contribution in [1.29, 1.82) is 0 Å². The van der Waals surface area contributed by atoms with Crippen molar-refractivity contribution in [3.63, 3.8) is 0 Å². The van der Waals surface area contributed by atoms with E-state index in [1.807, 2.05) is 0 Å². The van der Waals surface area contributed by atoms with E-state index in [9.17, 15) is 4.79 Å². The maximum atomic E-state index is 10.1. The summed E-state index contributed by atoms with van der Waals surface area (Å²) >= 11 is 0. The van der Waals surface area contributed by atoms with Crippen LogP contribution in [0.25, 0.3) is 0 Å². The number of ether oxygens (including phenoxy) is 1. The van der Waals surface area contributed by atoms with Crippen molar-refractivity contribution in [3.05, 3.63) is 0 Å². The molecule has 0 radical (unpaired) electrons. The predicted octanol–water partition coefficient (Wildman–Crippen LogP) is 0.888. The van der Waals surface area contributed by atoms with E-state index in [4.69, 9.17) is 9.84 Å². The Morgan fingerprint density at radius 3 is 3.00 bits per heavy atom. The van der Waals surface area contributed by atoms with Gasteiger partial charge < -0.3 is 9.84 Å². The Morgan fingerprint density at radius 1 is 1.70 bits per heavy atom. The minimum atomic E-state index is -0.702. The van der Waals surface area contributed by atoms with Crippen molar-refractivity contribution in [3.8, 4) is 0 Å². The molecule has 0 aliphatic carbocycles. The highest BCUT2D eigenvalue weighted by molar-refractivity contribution is 5.66. The van der Waals surface area contributed by atoms with Crippen molar-refractivity contribution in [2.24, 2.45) is 5.92 Å². The summed E-state index contributed by atoms with van der Waals surface area (Å²) in [6.45, 7) is 1.57. The van der Waals surface area contributed by atoms with E-state index in [1.54, 1.807) is 0 Å². The lowest BCUT2D eigenvalue weighted by Crippen LogP contribution is -2.03. The Balaban J connectivity index is 2.07. The summed E-state index contributed by atoms with van der Waals surface area (Å²) in [5.41, 5.74) is 0. The van der Waals surface area contributed by atoms with Crippen molar-refractivity contribution in [2.45, 2.75) is 19.3 Å². The monoisotopic (exact) mass is 144 g/mol. The van der Waals surface area contributed by atoms with Crippen LogP contribution in [0.4, 0.5) is 0 Å². The maximum Gasteiger partial charge on any atom is 0.303 e. The zero-order valence-electron chi connectivity index (χ0n) is 5.88. The van der Waals surface area contributed by atoms with Gasteiger partial charge in [-0.25, -0.2) is 0 Å². The zero-order chi connectivity index (χ0) is 7.40. The van der Waals surface area contributed by atoms with E-state index in [-0.39, 0.29) is 6.42 Å². The van der Waals surface area contributed by atoms with Gasteiger partial charge in [0.05, 0.1) is 0 Å². The van der Waals surface area contributed by atoms with E-state index in [2.05, 4.69) is 0 Å². The van der Waals surface area contributed by atoms with Crippen LogP contribution in [-0.4, -0.2) is 24.3 Å². The number of carboxylic acids is 1. The third kappa shape index (κ3) is 2.35. The Hall–Kier alpha value is -0.570. The molecule has 0 saturated carbocycles. The fourth-order valence-corrected chi connectivity index (χ4v) is 1.14. The first-order chi connectivity index (χ1) is 4.79. The smallest absolute Gasteiger partial charge is 0.303 e. The molecular formula is C7H12O3. The number of carbonyl (C=O) groups is 1. The van der Waals surface area contributed by atoms with Crippen LogP contribution in [0, 0.1) is 5.92 Å². The molecule has 0 aromatic rings. The summed E-state index contributed by atoms with van der Waals surface area (Å²) in [7, 11) is 0. The minimum absolute atomic E-state index is 0.286. The van der Waals surface area contributed by atoms with Crippen LogP contribution in [0.2, 0.25) is 0 Å². The van der Waals surface area contributed by atoms with Gasteiger partial charge >= 0.3 is 5.97 Å². The molecule has 0 unspecified atom stereocenters. The SMILES string of the molecule is O=C(O)CC[C@H]1CCOC1. The zero-order valence-corrected chi connectivity index (χ0v) is 5.88. The lowest BCUT2D eigenvalue weighted by Gasteiger charge is -2.02. The lowest BCUT2D eigenvalue weighted by molar-refractivity contribution is -0.137. The number of carboxylic acid groups (broad SMARTS) is 1. The van der Waals surface area contributed by atoms with E-state index >= 15 is 0 Å². The van der Waals surface area contributed by atoms with Gasteiger partial charge in [0.2, 0.25) is 0 Å². The Kier molecular flexibility index (Phi) is 2.68. The van der Waals surface area contributed by atoms with E-state index < -0.39 is 5.97 Å². The number of rotatable bonds is 3. The molecule has 0 aromatic carbocycles. The second-order valence-corrected chi connectivity index (χ2v) is 2.66. The topological polar surface area (TPSA) is 46.5 Å². The van der Waals surface area contributed by atoms with Crippen LogP contribution in [0.1, 0.15) is 19.3 Å². The van der Waals surface area contributed by atoms with Gasteiger partial charge in [0.1, 0.15) is 0 Å². The molecule has 1 heterocycles. The van der Waals surface area contributed by atoms with Crippen molar-refractivity contribution < 1.29 is 14.6 Å². The van der Waals surface area contributed by atoms with Crippen LogP contribution < -0.4 is 0 Å². The molecule has 1 fully saturated rings. The van der Waals surface area contributed by atoms with Gasteiger partial charge in [0, 0.05) is 19.6 Å². The average Bonchev–Trinajstić information content (AvgIpc) is 2.34. The predicted molar refractivity (Wildman–Crippen MR) is 35.8 cm³/mol. The molecule has 1 N–H and O–H groups in total. The molecule has 1 aliphatic rings. The maximum absolute atomic E-state index is 10.1. The summed E-state index contributed by atoms with van der Waals surface area (Å²) in [4.78, 5) is 10.1. The molecule has 0 bridgehead atoms. The third-order valence-electron chi connectivity index (χ3n) is 1.79. The molecule has 0 aromatic heterocycles. The molecule has 3 nitrogen and oxygen atoms in total. The summed E-state index contributed by atoms with van der Waals surface area (Å²) in [5.74, 6) is -0.206. The van der Waals surface area contributed by atoms with Crippen molar-refractivity contribution in [1.82, 2.24) is 0 Å². The second-order valence-electron chi connectivity index (χ2n) is 2.66. The van der Waals surface area contributed by atoms with Gasteiger partial charge in [-0.15, -0.1) is 0 Å². The fourth-order valence-electron chi connectivity index (χ4n) is 1.14. The van der Waals surface area contributed by atoms with E-state index in [0.717, 1.165) is 26.1 Å². The van der Waals surface area contributed by atoms with Crippen LogP contribution in [0.3, 0.4) is 0 Å². The number of aliphatic carboxylic acids is 1. The first kappa shape index (κ1) is 7.54. The molecule has 58 valence electrons. The van der Waals surface area contributed by atoms with Gasteiger partial charge in [-0.05, 0) is 18.8 Å². The fraction of sp³-hybridized carbons (Fsp3) is 0.857. The molecule has 1 rings (SSSR count). The largest absolute Gasteiger partial charge is 0.481 e. The number of hydrogen-bond acceptors (Lipinski definition) is 2. The van der Waals surface area contributed by atoms with Crippen LogP contribution >= 0.6 is 0 Å². The molecule has 0 spiro atoms. The first-order valence-electron chi connectivity index (χ1n) is 3.58. The molecule has 0 amide bonds. The molecule has 10 heavy (non-hydrogen) atoms. The molecule has 1 saturated heterocycles. The lowest BCUT2D eigenvalue weighted by atomic mass is 10.0. The quantitative estimate of drug-likeness (QED) is 0.639. The van der Waals surface area contributed by atoms with Crippen LogP contribution in [0.15, 0.2) is 0 Å². The first-order valence-corrected chi connectivity index (χ1v) is 3.58. The molecule has 1 aliphatic heterocycles. The molecular weight excluding hydrogens is 132 g/mol. The summed E-state index contributed by atoms with van der Waals surface area (Å²) in [5, 5.41) is 8.33. The van der Waals surface area contributed by atoms with Gasteiger partial charge in [0.25, 0.3) is 0 Å². The normalized spacial score (nSPS) is 25.0. The van der Waals surface area contributed by atoms with Gasteiger partial charge in [-0.2, -0.15) is 0 Å². The minimum Gasteiger partial charge on any atom is -0.481 e. The Labute approximate surface area is 60.0 Å². The summed E-state index contributed by atoms with van der Waals surface area (Å²) < 4.78 is 5.10. The number of hydrogen-bond donors (Lipinski definition) is 1. The van der Waals surface area contributed by atoms with Crippen LogP contribution in [0.5, 0.6) is 0 Å². The Bertz CT molecular complexity index is 116. The van der Waals surface area contributed by atoms with Gasteiger partial charge in [-0.1, -0.05) is 0 Å². The van der Waals surface area contributed by atoms with Crippen molar-refractivity contribution >= 4 is 5.97 Å². The molecule has 1 atom stereocenters. The standard InChI is InChI=1S/C7H12O3/c8-7(9)2-1-6-3-4-10-5-6/h6H,1-5H2,(H,8,9)/t6-/m0/s1. The average molecular weight is 144 g/mol. The highest BCUT2D eigenvalue weighted by Crippen LogP contribution is 2.17. The van der Waals surface area contributed by atoms with Crippen LogP contribution in [-0.2, 0) is 9.53 Å². The van der Waals surface area contributed by atoms with Crippen molar-refractivity contribution in [2.75, 3.05) is 13.2 Å². The second kappa shape index (κ2) is 3.56. The highest BCUT2D eigenvalue weighted by Gasteiger charge is 2.15. The van der Waals surface area contributed by atoms with E-state index in [0.29, 0.717) is 5.92 Å². The Morgan fingerprint density at radius 2 is 2.50 bits per heavy atom. The summed E-state index contributed by atoms with van der Waals surface area (Å²) in [6, 6.07) is 0. The van der Waals surface area contributed by atoms with Gasteiger partial charge in [0.15, 0.2) is 0 Å². The molecule has 3 heteroatoms. The third-order valence-corrected chi connectivity index (χ3v) is 1.79. The van der Waals surface area contributed by atoms with Gasteiger partial charge in [-0.3, -0.25) is 4.79 Å². The van der Waals surface area contributed by atoms with E-state index in [1.165, 1.54) is 0 Å².